The van der Waals surface area contributed by atoms with Gasteiger partial charge in [-0.2, -0.15) is 13.2 Å². The van der Waals surface area contributed by atoms with Crippen molar-refractivity contribution in [1.82, 2.24) is 0 Å². The first-order valence-electron chi connectivity index (χ1n) is 8.01. The zero-order chi connectivity index (χ0) is 17.5. The lowest BCUT2D eigenvalue weighted by atomic mass is 10.0. The van der Waals surface area contributed by atoms with Gasteiger partial charge in [-0.15, -0.1) is 0 Å². The van der Waals surface area contributed by atoms with Crippen molar-refractivity contribution in [1.29, 1.82) is 0 Å². The number of unbranched alkanes of at least 4 members (excludes halogenated alkanes) is 4. The van der Waals surface area contributed by atoms with E-state index in [2.05, 4.69) is 0 Å². The van der Waals surface area contributed by atoms with Crippen LogP contribution < -0.4 is 0 Å². The molecule has 0 aromatic heterocycles. The summed E-state index contributed by atoms with van der Waals surface area (Å²) in [5, 5.41) is -0.346. The van der Waals surface area contributed by atoms with Crippen LogP contribution in [0, 0.1) is 0 Å². The van der Waals surface area contributed by atoms with Crippen LogP contribution in [0.5, 0.6) is 0 Å². The van der Waals surface area contributed by atoms with Crippen LogP contribution in [0.4, 0.5) is 13.2 Å². The summed E-state index contributed by atoms with van der Waals surface area (Å²) in [5.74, 6) is 0.196. The van der Waals surface area contributed by atoms with Crippen molar-refractivity contribution in [3.63, 3.8) is 0 Å². The topological polar surface area (TPSA) is 34.1 Å². The molecular weight excluding hydrogens is 325 g/mol. The molecule has 1 aromatic rings. The van der Waals surface area contributed by atoms with E-state index >= 15 is 0 Å². The third-order valence-electron chi connectivity index (χ3n) is 3.92. The van der Waals surface area contributed by atoms with Gasteiger partial charge in [0.2, 0.25) is 0 Å². The molecule has 0 N–H and O–H groups in total. The monoisotopic (exact) mass is 350 g/mol. The molecule has 23 heavy (non-hydrogen) atoms. The van der Waals surface area contributed by atoms with Gasteiger partial charge in [-0.3, -0.25) is 0 Å². The standard InChI is InChI=1S/C17H25F3O2S/c1-14(2)23(21,22)13-9-5-3-4-6-10-15-11-7-8-12-16(15)17(18,19)20/h7-8,11-12,14H,3-6,9-10,13H2,1-2H3. The van der Waals surface area contributed by atoms with E-state index in [4.69, 9.17) is 0 Å². The van der Waals surface area contributed by atoms with Crippen LogP contribution >= 0.6 is 0 Å². The van der Waals surface area contributed by atoms with Crippen LogP contribution in [0.15, 0.2) is 24.3 Å². The number of sulfone groups is 1. The Bertz CT molecular complexity index is 578. The first-order valence-corrected chi connectivity index (χ1v) is 9.73. The Labute approximate surface area is 137 Å². The van der Waals surface area contributed by atoms with Gasteiger partial charge in [-0.1, -0.05) is 37.5 Å². The normalized spacial score (nSPS) is 12.8. The molecule has 0 atom stereocenters. The predicted molar refractivity (Wildman–Crippen MR) is 87.2 cm³/mol. The predicted octanol–water partition coefficient (Wildman–Crippen LogP) is 5.02. The average Bonchev–Trinajstić information content (AvgIpc) is 2.45. The maximum Gasteiger partial charge on any atom is 0.416 e. The Morgan fingerprint density at radius 2 is 1.52 bits per heavy atom. The molecule has 0 heterocycles. The van der Waals surface area contributed by atoms with Gasteiger partial charge < -0.3 is 0 Å². The average molecular weight is 350 g/mol. The summed E-state index contributed by atoms with van der Waals surface area (Å²) in [6.45, 7) is 3.35. The minimum Gasteiger partial charge on any atom is -0.229 e. The van der Waals surface area contributed by atoms with E-state index in [1.807, 2.05) is 0 Å². The fraction of sp³-hybridized carbons (Fsp3) is 0.647. The van der Waals surface area contributed by atoms with Crippen molar-refractivity contribution in [3.05, 3.63) is 35.4 Å². The van der Waals surface area contributed by atoms with Crippen molar-refractivity contribution >= 4 is 9.84 Å². The Morgan fingerprint density at radius 3 is 2.13 bits per heavy atom. The van der Waals surface area contributed by atoms with Crippen molar-refractivity contribution < 1.29 is 21.6 Å². The second-order valence-electron chi connectivity index (χ2n) is 6.09. The van der Waals surface area contributed by atoms with Crippen molar-refractivity contribution in [2.75, 3.05) is 5.75 Å². The fourth-order valence-corrected chi connectivity index (χ4v) is 3.48. The molecule has 0 radical (unpaired) electrons. The van der Waals surface area contributed by atoms with Gasteiger partial charge in [0.25, 0.3) is 0 Å². The van der Waals surface area contributed by atoms with Gasteiger partial charge in [0.15, 0.2) is 9.84 Å². The van der Waals surface area contributed by atoms with Crippen LogP contribution in [0.2, 0.25) is 0 Å². The molecule has 0 saturated heterocycles. The van der Waals surface area contributed by atoms with E-state index in [-0.39, 0.29) is 11.0 Å². The van der Waals surface area contributed by atoms with E-state index in [0.29, 0.717) is 24.8 Å². The molecule has 0 aliphatic heterocycles. The van der Waals surface area contributed by atoms with Crippen molar-refractivity contribution in [2.24, 2.45) is 0 Å². The molecule has 2 nitrogen and oxygen atoms in total. The summed E-state index contributed by atoms with van der Waals surface area (Å²) in [4.78, 5) is 0. The SMILES string of the molecule is CC(C)S(=O)(=O)CCCCCCCc1ccccc1C(F)(F)F. The lowest BCUT2D eigenvalue weighted by Crippen LogP contribution is -2.17. The largest absolute Gasteiger partial charge is 0.416 e. The first-order chi connectivity index (χ1) is 10.6. The summed E-state index contributed by atoms with van der Waals surface area (Å²) in [7, 11) is -2.98. The zero-order valence-electron chi connectivity index (χ0n) is 13.7. The third kappa shape index (κ3) is 6.94. The van der Waals surface area contributed by atoms with Crippen LogP contribution in [-0.4, -0.2) is 19.4 Å². The second-order valence-corrected chi connectivity index (χ2v) is 8.77. The van der Waals surface area contributed by atoms with Crippen molar-refractivity contribution in [3.8, 4) is 0 Å². The van der Waals surface area contributed by atoms with Gasteiger partial charge in [0.1, 0.15) is 0 Å². The number of halogens is 3. The maximum atomic E-state index is 12.8. The summed E-state index contributed by atoms with van der Waals surface area (Å²) >= 11 is 0. The highest BCUT2D eigenvalue weighted by molar-refractivity contribution is 7.91. The Balaban J connectivity index is 2.29. The second kappa shape index (κ2) is 8.71. The smallest absolute Gasteiger partial charge is 0.229 e. The van der Waals surface area contributed by atoms with Gasteiger partial charge >= 0.3 is 6.18 Å². The van der Waals surface area contributed by atoms with Gasteiger partial charge in [0, 0.05) is 0 Å². The molecule has 132 valence electrons. The number of alkyl halides is 3. The molecule has 0 aliphatic rings. The third-order valence-corrected chi connectivity index (χ3v) is 6.21. The Hall–Kier alpha value is -1.04. The maximum absolute atomic E-state index is 12.8. The summed E-state index contributed by atoms with van der Waals surface area (Å²) < 4.78 is 61.8. The molecule has 0 aliphatic carbocycles. The molecule has 0 amide bonds. The number of benzene rings is 1. The molecule has 6 heteroatoms. The first kappa shape index (κ1) is 20.0. The van der Waals surface area contributed by atoms with E-state index in [1.165, 1.54) is 12.1 Å². The molecule has 0 unspecified atom stereocenters. The number of aryl methyl sites for hydroxylation is 1. The minimum atomic E-state index is -4.30. The van der Waals surface area contributed by atoms with Gasteiger partial charge in [-0.05, 0) is 44.7 Å². The Morgan fingerprint density at radius 1 is 0.957 bits per heavy atom. The van der Waals surface area contributed by atoms with Gasteiger partial charge in [-0.25, -0.2) is 8.42 Å². The van der Waals surface area contributed by atoms with Crippen LogP contribution in [-0.2, 0) is 22.4 Å². The van der Waals surface area contributed by atoms with E-state index in [9.17, 15) is 21.6 Å². The lowest BCUT2D eigenvalue weighted by molar-refractivity contribution is -0.138. The fourth-order valence-electron chi connectivity index (χ4n) is 2.40. The molecule has 0 saturated carbocycles. The molecule has 0 bridgehead atoms. The van der Waals surface area contributed by atoms with E-state index < -0.39 is 21.6 Å². The molecular formula is C17H25F3O2S. The van der Waals surface area contributed by atoms with Crippen LogP contribution in [0.1, 0.15) is 57.1 Å². The highest BCUT2D eigenvalue weighted by Gasteiger charge is 2.32. The minimum absolute atomic E-state index is 0.196. The summed E-state index contributed by atoms with van der Waals surface area (Å²) in [5.41, 5.74) is -0.217. The summed E-state index contributed by atoms with van der Waals surface area (Å²) in [6, 6.07) is 5.67. The lowest BCUT2D eigenvalue weighted by Gasteiger charge is -2.12. The zero-order valence-corrected chi connectivity index (χ0v) is 14.5. The van der Waals surface area contributed by atoms with E-state index in [0.717, 1.165) is 25.3 Å². The van der Waals surface area contributed by atoms with Crippen LogP contribution in [0.3, 0.4) is 0 Å². The van der Waals surface area contributed by atoms with E-state index in [1.54, 1.807) is 19.9 Å². The summed E-state index contributed by atoms with van der Waals surface area (Å²) in [6.07, 6.45) is -0.131. The molecule has 1 rings (SSSR count). The highest BCUT2D eigenvalue weighted by Crippen LogP contribution is 2.32. The van der Waals surface area contributed by atoms with Crippen LogP contribution in [0.25, 0.3) is 0 Å². The van der Waals surface area contributed by atoms with Gasteiger partial charge in [0.05, 0.1) is 16.6 Å². The molecule has 0 spiro atoms. The number of rotatable bonds is 9. The molecule has 1 aromatic carbocycles. The number of hydrogen-bond donors (Lipinski definition) is 0. The number of hydrogen-bond acceptors (Lipinski definition) is 2. The highest BCUT2D eigenvalue weighted by atomic mass is 32.2. The quantitative estimate of drug-likeness (QED) is 0.586. The molecule has 0 fully saturated rings. The van der Waals surface area contributed by atoms with Crippen molar-refractivity contribution in [2.45, 2.75) is 63.8 Å². The Kier molecular flexibility index (Phi) is 7.58.